The summed E-state index contributed by atoms with van der Waals surface area (Å²) in [6, 6.07) is 14.5. The normalized spacial score (nSPS) is 14.1. The van der Waals surface area contributed by atoms with Crippen molar-refractivity contribution >= 4 is 33.5 Å². The zero-order valence-electron chi connectivity index (χ0n) is 17.9. The van der Waals surface area contributed by atoms with Crippen LogP contribution < -0.4 is 10.1 Å². The van der Waals surface area contributed by atoms with E-state index < -0.39 is 0 Å². The molecule has 0 radical (unpaired) electrons. The molecule has 4 aromatic rings. The molecule has 9 heteroatoms. The highest BCUT2D eigenvalue weighted by Crippen LogP contribution is 2.42. The van der Waals surface area contributed by atoms with Crippen LogP contribution in [-0.2, 0) is 6.42 Å². The van der Waals surface area contributed by atoms with Crippen molar-refractivity contribution in [2.75, 3.05) is 12.4 Å². The standard InChI is InChI=1S/C24H22N4O3S2/c1-31-19-4-2-3-17(12-19)21-13-33-24(27-21)26-20(22-14-32-23(25-22)16-7-8-16)11-15-5-9-18(10-6-15)28(29)30/h2-6,9-10,12-14,16,20H,7-8,11H2,1H3,(H,26,27)/t20-/m0/s1. The molecule has 0 unspecified atom stereocenters. The summed E-state index contributed by atoms with van der Waals surface area (Å²) in [5, 5.41) is 20.7. The van der Waals surface area contributed by atoms with Crippen LogP contribution in [0.1, 0.15) is 41.1 Å². The summed E-state index contributed by atoms with van der Waals surface area (Å²) in [5.74, 6) is 1.39. The Balaban J connectivity index is 1.39. The SMILES string of the molecule is COc1cccc(-c2csc(N[C@@H](Cc3ccc([N+](=O)[O-])cc3)c3csc(C4CC4)n3)n2)c1. The molecule has 0 aliphatic heterocycles. The molecule has 7 nitrogen and oxygen atoms in total. The lowest BCUT2D eigenvalue weighted by molar-refractivity contribution is -0.384. The van der Waals surface area contributed by atoms with Gasteiger partial charge in [-0.25, -0.2) is 9.97 Å². The van der Waals surface area contributed by atoms with Crippen LogP contribution in [0.25, 0.3) is 11.3 Å². The molecular formula is C24H22N4O3S2. The zero-order chi connectivity index (χ0) is 22.8. The van der Waals surface area contributed by atoms with E-state index in [4.69, 9.17) is 14.7 Å². The van der Waals surface area contributed by atoms with Crippen LogP contribution in [0.2, 0.25) is 0 Å². The van der Waals surface area contributed by atoms with Crippen LogP contribution in [-0.4, -0.2) is 22.0 Å². The van der Waals surface area contributed by atoms with Gasteiger partial charge in [-0.05, 0) is 37.0 Å². The Morgan fingerprint density at radius 1 is 1.15 bits per heavy atom. The number of hydrogen-bond donors (Lipinski definition) is 1. The average Bonchev–Trinajstić information content (AvgIpc) is 3.37. The van der Waals surface area contributed by atoms with Gasteiger partial charge in [0, 0.05) is 34.4 Å². The highest BCUT2D eigenvalue weighted by atomic mass is 32.1. The Kier molecular flexibility index (Phi) is 6.06. The van der Waals surface area contributed by atoms with E-state index in [9.17, 15) is 10.1 Å². The predicted octanol–water partition coefficient (Wildman–Crippen LogP) is 6.46. The van der Waals surface area contributed by atoms with Crippen molar-refractivity contribution in [3.63, 3.8) is 0 Å². The summed E-state index contributed by atoms with van der Waals surface area (Å²) < 4.78 is 5.33. The molecule has 2 aromatic carbocycles. The van der Waals surface area contributed by atoms with Gasteiger partial charge >= 0.3 is 0 Å². The largest absolute Gasteiger partial charge is 0.497 e. The number of nitro groups is 1. The molecule has 1 aliphatic carbocycles. The molecule has 1 fully saturated rings. The van der Waals surface area contributed by atoms with E-state index in [1.807, 2.05) is 41.8 Å². The molecule has 1 aliphatic rings. The van der Waals surface area contributed by atoms with Crippen molar-refractivity contribution in [3.8, 4) is 17.0 Å². The van der Waals surface area contributed by atoms with Crippen molar-refractivity contribution < 1.29 is 9.66 Å². The van der Waals surface area contributed by atoms with Gasteiger partial charge in [-0.15, -0.1) is 22.7 Å². The number of thiazole rings is 2. The minimum absolute atomic E-state index is 0.0838. The lowest BCUT2D eigenvalue weighted by Crippen LogP contribution is -2.14. The number of non-ortho nitro benzene ring substituents is 1. The smallest absolute Gasteiger partial charge is 0.269 e. The molecule has 168 valence electrons. The molecule has 1 N–H and O–H groups in total. The molecule has 33 heavy (non-hydrogen) atoms. The number of ether oxygens (including phenoxy) is 1. The Labute approximate surface area is 199 Å². The summed E-state index contributed by atoms with van der Waals surface area (Å²) in [6.07, 6.45) is 3.08. The number of nitro benzene ring substituents is 1. The first-order chi connectivity index (χ1) is 16.1. The molecule has 0 saturated heterocycles. The lowest BCUT2D eigenvalue weighted by atomic mass is 10.0. The van der Waals surface area contributed by atoms with Crippen LogP contribution >= 0.6 is 22.7 Å². The molecule has 0 bridgehead atoms. The number of nitrogens with zero attached hydrogens (tertiary/aromatic N) is 3. The van der Waals surface area contributed by atoms with Crippen LogP contribution in [0.3, 0.4) is 0 Å². The first-order valence-electron chi connectivity index (χ1n) is 10.6. The average molecular weight is 479 g/mol. The molecule has 0 spiro atoms. The molecule has 2 aromatic heterocycles. The molecular weight excluding hydrogens is 456 g/mol. The predicted molar refractivity (Wildman–Crippen MR) is 131 cm³/mol. The van der Waals surface area contributed by atoms with E-state index in [1.54, 1.807) is 41.9 Å². The minimum atomic E-state index is -0.377. The van der Waals surface area contributed by atoms with Gasteiger partial charge in [-0.2, -0.15) is 0 Å². The van der Waals surface area contributed by atoms with E-state index in [2.05, 4.69) is 10.7 Å². The van der Waals surface area contributed by atoms with Crippen molar-refractivity contribution in [2.24, 2.45) is 0 Å². The third kappa shape index (κ3) is 5.04. The Morgan fingerprint density at radius 3 is 2.70 bits per heavy atom. The molecule has 1 atom stereocenters. The molecule has 0 amide bonds. The van der Waals surface area contributed by atoms with Gasteiger partial charge in [-0.1, -0.05) is 24.3 Å². The summed E-state index contributed by atoms with van der Waals surface area (Å²) in [6.45, 7) is 0. The van der Waals surface area contributed by atoms with Gasteiger partial charge in [0.15, 0.2) is 5.13 Å². The second kappa shape index (κ2) is 9.29. The third-order valence-corrected chi connectivity index (χ3v) is 7.38. The second-order valence-corrected chi connectivity index (χ2v) is 9.73. The maximum absolute atomic E-state index is 11.0. The maximum Gasteiger partial charge on any atom is 0.269 e. The summed E-state index contributed by atoms with van der Waals surface area (Å²) in [5.41, 5.74) is 3.96. The highest BCUT2D eigenvalue weighted by Gasteiger charge is 2.28. The van der Waals surface area contributed by atoms with Gasteiger partial charge in [0.2, 0.25) is 0 Å². The number of benzene rings is 2. The second-order valence-electron chi connectivity index (χ2n) is 7.98. The van der Waals surface area contributed by atoms with E-state index in [-0.39, 0.29) is 16.7 Å². The summed E-state index contributed by atoms with van der Waals surface area (Å²) in [7, 11) is 1.65. The maximum atomic E-state index is 11.0. The highest BCUT2D eigenvalue weighted by molar-refractivity contribution is 7.14. The van der Waals surface area contributed by atoms with Gasteiger partial charge in [-0.3, -0.25) is 10.1 Å². The van der Waals surface area contributed by atoms with Crippen molar-refractivity contribution in [3.05, 3.63) is 85.7 Å². The van der Waals surface area contributed by atoms with Crippen molar-refractivity contribution in [2.45, 2.75) is 31.2 Å². The zero-order valence-corrected chi connectivity index (χ0v) is 19.6. The van der Waals surface area contributed by atoms with E-state index in [0.717, 1.165) is 33.4 Å². The minimum Gasteiger partial charge on any atom is -0.497 e. The van der Waals surface area contributed by atoms with Crippen LogP contribution in [0.5, 0.6) is 5.75 Å². The number of aromatic nitrogens is 2. The quantitative estimate of drug-likeness (QED) is 0.219. The van der Waals surface area contributed by atoms with Gasteiger partial charge in [0.05, 0.1) is 34.5 Å². The fourth-order valence-electron chi connectivity index (χ4n) is 3.60. The molecule has 2 heterocycles. The lowest BCUT2D eigenvalue weighted by Gasteiger charge is -2.16. The van der Waals surface area contributed by atoms with Gasteiger partial charge in [0.1, 0.15) is 5.75 Å². The van der Waals surface area contributed by atoms with Gasteiger partial charge in [0.25, 0.3) is 5.69 Å². The first-order valence-corrected chi connectivity index (χ1v) is 12.4. The van der Waals surface area contributed by atoms with Crippen molar-refractivity contribution in [1.29, 1.82) is 0 Å². The number of nitrogens with one attached hydrogen (secondary N) is 1. The van der Waals surface area contributed by atoms with E-state index >= 15 is 0 Å². The fraction of sp³-hybridized carbons (Fsp3) is 0.250. The Hall–Kier alpha value is -3.30. The Morgan fingerprint density at radius 2 is 1.97 bits per heavy atom. The number of methoxy groups -OCH3 is 1. The summed E-state index contributed by atoms with van der Waals surface area (Å²) >= 11 is 3.26. The van der Waals surface area contributed by atoms with Crippen LogP contribution in [0.15, 0.2) is 59.3 Å². The van der Waals surface area contributed by atoms with E-state index in [0.29, 0.717) is 12.3 Å². The van der Waals surface area contributed by atoms with Crippen LogP contribution in [0, 0.1) is 10.1 Å². The molecule has 1 saturated carbocycles. The first kappa shape index (κ1) is 21.5. The van der Waals surface area contributed by atoms with E-state index in [1.165, 1.54) is 17.8 Å². The van der Waals surface area contributed by atoms with Crippen LogP contribution in [0.4, 0.5) is 10.8 Å². The Bertz CT molecular complexity index is 1260. The monoisotopic (exact) mass is 478 g/mol. The number of anilines is 1. The van der Waals surface area contributed by atoms with Gasteiger partial charge < -0.3 is 10.1 Å². The van der Waals surface area contributed by atoms with Crippen molar-refractivity contribution in [1.82, 2.24) is 9.97 Å². The summed E-state index contributed by atoms with van der Waals surface area (Å²) in [4.78, 5) is 20.3. The molecule has 5 rings (SSSR count). The fourth-order valence-corrected chi connectivity index (χ4v) is 5.42. The number of rotatable bonds is 9. The number of hydrogen-bond acceptors (Lipinski definition) is 8. The third-order valence-electron chi connectivity index (χ3n) is 5.58. The topological polar surface area (TPSA) is 90.2 Å².